The summed E-state index contributed by atoms with van der Waals surface area (Å²) in [7, 11) is 3.43. The normalized spacial score (nSPS) is 20.7. The third kappa shape index (κ3) is 2.52. The number of hydrogen-bond acceptors (Lipinski definition) is 5. The number of nitrogens with zero attached hydrogens (tertiary/aromatic N) is 5. The van der Waals surface area contributed by atoms with Crippen molar-refractivity contribution >= 4 is 11.9 Å². The van der Waals surface area contributed by atoms with Crippen LogP contribution in [0.4, 0.5) is 0 Å². The molecule has 1 aliphatic heterocycles. The van der Waals surface area contributed by atoms with Crippen molar-refractivity contribution in [2.75, 3.05) is 7.05 Å². The lowest BCUT2D eigenvalue weighted by Crippen LogP contribution is -2.48. The van der Waals surface area contributed by atoms with Gasteiger partial charge in [0, 0.05) is 19.7 Å². The molecule has 2 aromatic rings. The summed E-state index contributed by atoms with van der Waals surface area (Å²) < 4.78 is 1.71. The second kappa shape index (κ2) is 5.49. The van der Waals surface area contributed by atoms with Crippen molar-refractivity contribution in [3.63, 3.8) is 0 Å². The van der Waals surface area contributed by atoms with Gasteiger partial charge in [0.15, 0.2) is 5.96 Å². The van der Waals surface area contributed by atoms with Gasteiger partial charge in [-0.3, -0.25) is 14.4 Å². The molecule has 7 nitrogen and oxygen atoms in total. The molecule has 2 N–H and O–H groups in total. The van der Waals surface area contributed by atoms with Gasteiger partial charge >= 0.3 is 0 Å². The minimum atomic E-state index is -0.763. The Morgan fingerprint density at radius 3 is 2.75 bits per heavy atom. The van der Waals surface area contributed by atoms with E-state index in [1.807, 2.05) is 32.2 Å². The van der Waals surface area contributed by atoms with Crippen LogP contribution in [0.15, 0.2) is 35.3 Å². The Kier molecular flexibility index (Phi) is 3.60. The van der Waals surface area contributed by atoms with E-state index in [0.717, 1.165) is 17.0 Å². The van der Waals surface area contributed by atoms with Crippen molar-refractivity contribution in [1.29, 1.82) is 5.26 Å². The van der Waals surface area contributed by atoms with E-state index < -0.39 is 5.54 Å². The van der Waals surface area contributed by atoms with Crippen LogP contribution in [-0.4, -0.2) is 33.6 Å². The predicted octanol–water partition coefficient (Wildman–Crippen LogP) is 1.35. The van der Waals surface area contributed by atoms with Gasteiger partial charge in [-0.2, -0.15) is 10.4 Å². The van der Waals surface area contributed by atoms with Gasteiger partial charge in [-0.15, -0.1) is 0 Å². The molecule has 2 heterocycles. The first-order valence-electron chi connectivity index (χ1n) is 7.51. The van der Waals surface area contributed by atoms with E-state index >= 15 is 0 Å². The molecule has 0 spiro atoms. The fraction of sp³-hybridized carbons (Fsp3) is 0.294. The van der Waals surface area contributed by atoms with E-state index in [2.05, 4.69) is 16.2 Å². The zero-order valence-corrected chi connectivity index (χ0v) is 13.8. The van der Waals surface area contributed by atoms with Crippen LogP contribution in [-0.2, 0) is 17.4 Å². The van der Waals surface area contributed by atoms with E-state index in [-0.39, 0.29) is 18.3 Å². The lowest BCUT2D eigenvalue weighted by Gasteiger charge is -2.33. The lowest BCUT2D eigenvalue weighted by atomic mass is 9.91. The van der Waals surface area contributed by atoms with Gasteiger partial charge in [0.25, 0.3) is 0 Å². The van der Waals surface area contributed by atoms with Crippen LogP contribution in [0.5, 0.6) is 0 Å². The van der Waals surface area contributed by atoms with Crippen molar-refractivity contribution < 1.29 is 4.79 Å². The Labute approximate surface area is 140 Å². The van der Waals surface area contributed by atoms with Crippen LogP contribution in [0.3, 0.4) is 0 Å². The first-order chi connectivity index (χ1) is 11.3. The van der Waals surface area contributed by atoms with Gasteiger partial charge in [-0.1, -0.05) is 12.1 Å². The van der Waals surface area contributed by atoms with E-state index in [9.17, 15) is 4.79 Å². The maximum absolute atomic E-state index is 12.2. The Balaban J connectivity index is 2.06. The molecule has 1 aromatic carbocycles. The number of amides is 1. The lowest BCUT2D eigenvalue weighted by molar-refractivity contribution is -0.128. The number of guanidine groups is 1. The Hall–Kier alpha value is -3.14. The summed E-state index contributed by atoms with van der Waals surface area (Å²) >= 11 is 0. The molecule has 0 saturated heterocycles. The second-order valence-corrected chi connectivity index (χ2v) is 6.10. The standard InChI is InChI=1S/C17H18N6O/c1-17(9-15(24)22(2)16(19)20-17)14-8-13(21-23(14)3)12-6-4-5-11(7-12)10-18/h4-8H,9H2,1-3H3,(H2,19,20). The first-order valence-corrected chi connectivity index (χ1v) is 7.51. The highest BCUT2D eigenvalue weighted by atomic mass is 16.2. The minimum Gasteiger partial charge on any atom is -0.369 e. The molecule has 0 bridgehead atoms. The summed E-state index contributed by atoms with van der Waals surface area (Å²) in [5, 5.41) is 13.6. The number of aryl methyl sites for hydroxylation is 1. The van der Waals surface area contributed by atoms with Gasteiger partial charge in [-0.25, -0.2) is 4.99 Å². The van der Waals surface area contributed by atoms with Crippen LogP contribution in [0.2, 0.25) is 0 Å². The predicted molar refractivity (Wildman–Crippen MR) is 89.7 cm³/mol. The monoisotopic (exact) mass is 322 g/mol. The molecule has 122 valence electrons. The Morgan fingerprint density at radius 2 is 2.08 bits per heavy atom. The summed E-state index contributed by atoms with van der Waals surface area (Å²) in [6, 6.07) is 11.3. The number of aliphatic imine (C=N–C) groups is 1. The first kappa shape index (κ1) is 15.7. The summed E-state index contributed by atoms with van der Waals surface area (Å²) in [4.78, 5) is 18.0. The van der Waals surface area contributed by atoms with Gasteiger partial charge < -0.3 is 5.73 Å². The highest BCUT2D eigenvalue weighted by molar-refractivity contribution is 5.98. The largest absolute Gasteiger partial charge is 0.369 e. The quantitative estimate of drug-likeness (QED) is 0.902. The molecule has 0 fully saturated rings. The highest BCUT2D eigenvalue weighted by Gasteiger charge is 2.38. The van der Waals surface area contributed by atoms with Crippen LogP contribution in [0.25, 0.3) is 11.3 Å². The van der Waals surface area contributed by atoms with Crippen LogP contribution >= 0.6 is 0 Å². The molecule has 1 aromatic heterocycles. The van der Waals surface area contributed by atoms with Gasteiger partial charge in [0.1, 0.15) is 5.54 Å². The number of hydrogen-bond donors (Lipinski definition) is 1. The number of nitriles is 1. The topological polar surface area (TPSA) is 100 Å². The zero-order chi connectivity index (χ0) is 17.5. The highest BCUT2D eigenvalue weighted by Crippen LogP contribution is 2.34. The van der Waals surface area contributed by atoms with Crippen LogP contribution in [0.1, 0.15) is 24.6 Å². The Morgan fingerprint density at radius 1 is 1.33 bits per heavy atom. The molecule has 0 radical (unpaired) electrons. The fourth-order valence-corrected chi connectivity index (χ4v) is 2.92. The maximum atomic E-state index is 12.2. The molecular weight excluding hydrogens is 304 g/mol. The van der Waals surface area contributed by atoms with Gasteiger partial charge in [0.2, 0.25) is 5.91 Å². The number of carbonyl (C=O) groups is 1. The smallest absolute Gasteiger partial charge is 0.231 e. The summed E-state index contributed by atoms with van der Waals surface area (Å²) in [6.07, 6.45) is 0.224. The molecular formula is C17H18N6O. The SMILES string of the molecule is CN1C(=O)CC(C)(c2cc(-c3cccc(C#N)c3)nn2C)N=C1N. The van der Waals surface area contributed by atoms with E-state index in [1.54, 1.807) is 23.9 Å². The van der Waals surface area contributed by atoms with Gasteiger partial charge in [0.05, 0.1) is 29.4 Å². The third-order valence-electron chi connectivity index (χ3n) is 4.29. The van der Waals surface area contributed by atoms with Crippen LogP contribution in [0, 0.1) is 11.3 Å². The molecule has 7 heteroatoms. The van der Waals surface area contributed by atoms with E-state index in [4.69, 9.17) is 11.0 Å². The summed E-state index contributed by atoms with van der Waals surface area (Å²) in [6.45, 7) is 1.87. The fourth-order valence-electron chi connectivity index (χ4n) is 2.92. The molecule has 1 atom stereocenters. The molecule has 1 amide bonds. The molecule has 1 unspecified atom stereocenters. The van der Waals surface area contributed by atoms with Crippen molar-refractivity contribution in [3.8, 4) is 17.3 Å². The van der Waals surface area contributed by atoms with Gasteiger partial charge in [-0.05, 0) is 25.1 Å². The van der Waals surface area contributed by atoms with E-state index in [0.29, 0.717) is 5.56 Å². The van der Waals surface area contributed by atoms with Crippen molar-refractivity contribution in [1.82, 2.24) is 14.7 Å². The minimum absolute atomic E-state index is 0.0840. The second-order valence-electron chi connectivity index (χ2n) is 6.10. The summed E-state index contributed by atoms with van der Waals surface area (Å²) in [5.41, 5.74) is 8.05. The third-order valence-corrected chi connectivity index (χ3v) is 4.29. The molecule has 0 saturated carbocycles. The van der Waals surface area contributed by atoms with E-state index in [1.165, 1.54) is 4.90 Å². The molecule has 0 aliphatic carbocycles. The average Bonchev–Trinajstić information content (AvgIpc) is 2.95. The van der Waals surface area contributed by atoms with Crippen molar-refractivity contribution in [3.05, 3.63) is 41.6 Å². The zero-order valence-electron chi connectivity index (χ0n) is 13.8. The van der Waals surface area contributed by atoms with Crippen molar-refractivity contribution in [2.45, 2.75) is 18.9 Å². The summed E-state index contributed by atoms with van der Waals surface area (Å²) in [5.74, 6) is 0.113. The van der Waals surface area contributed by atoms with Crippen LogP contribution < -0.4 is 5.73 Å². The molecule has 24 heavy (non-hydrogen) atoms. The van der Waals surface area contributed by atoms with Crippen molar-refractivity contribution in [2.24, 2.45) is 17.8 Å². The number of benzene rings is 1. The number of carbonyl (C=O) groups excluding carboxylic acids is 1. The maximum Gasteiger partial charge on any atom is 0.231 e. The molecule has 3 rings (SSSR count). The molecule has 1 aliphatic rings. The Bertz CT molecular complexity index is 891. The number of rotatable bonds is 2. The number of aromatic nitrogens is 2. The number of nitrogens with two attached hydrogens (primary N) is 1. The average molecular weight is 322 g/mol.